The standard InChI is InChI=1S/C12H16N2O2/c1-16-12(15)10-5-7-14(8-10)9-11-4-2-3-6-13-11/h2-4,6,10H,5,7-9H2,1H3. The Hall–Kier alpha value is -1.42. The summed E-state index contributed by atoms with van der Waals surface area (Å²) >= 11 is 0. The third-order valence-corrected chi connectivity index (χ3v) is 2.92. The van der Waals surface area contributed by atoms with Gasteiger partial charge in [-0.2, -0.15) is 0 Å². The van der Waals surface area contributed by atoms with Gasteiger partial charge in [0.1, 0.15) is 0 Å². The molecule has 0 saturated carbocycles. The quantitative estimate of drug-likeness (QED) is 0.715. The predicted molar refractivity (Wildman–Crippen MR) is 59.6 cm³/mol. The Balaban J connectivity index is 1.88. The first-order valence-electron chi connectivity index (χ1n) is 5.49. The van der Waals surface area contributed by atoms with Crippen LogP contribution in [0.3, 0.4) is 0 Å². The van der Waals surface area contributed by atoms with E-state index in [0.29, 0.717) is 0 Å². The molecule has 1 saturated heterocycles. The lowest BCUT2D eigenvalue weighted by atomic mass is 10.1. The summed E-state index contributed by atoms with van der Waals surface area (Å²) in [7, 11) is 1.45. The molecule has 1 aliphatic rings. The van der Waals surface area contributed by atoms with Crippen molar-refractivity contribution in [3.8, 4) is 0 Å². The summed E-state index contributed by atoms with van der Waals surface area (Å²) in [5.74, 6) is -0.0581. The van der Waals surface area contributed by atoms with Crippen LogP contribution in [-0.4, -0.2) is 36.1 Å². The molecular weight excluding hydrogens is 204 g/mol. The molecule has 0 aromatic carbocycles. The van der Waals surface area contributed by atoms with Gasteiger partial charge in [0.15, 0.2) is 0 Å². The summed E-state index contributed by atoms with van der Waals surface area (Å²) in [4.78, 5) is 17.9. The fourth-order valence-electron chi connectivity index (χ4n) is 2.06. The number of hydrogen-bond acceptors (Lipinski definition) is 4. The zero-order valence-electron chi connectivity index (χ0n) is 9.43. The monoisotopic (exact) mass is 220 g/mol. The zero-order chi connectivity index (χ0) is 11.4. The molecule has 1 aromatic heterocycles. The van der Waals surface area contributed by atoms with E-state index < -0.39 is 0 Å². The Morgan fingerprint density at radius 1 is 1.62 bits per heavy atom. The van der Waals surface area contributed by atoms with E-state index in [4.69, 9.17) is 4.74 Å². The molecule has 1 aliphatic heterocycles. The largest absolute Gasteiger partial charge is 0.469 e. The average molecular weight is 220 g/mol. The number of esters is 1. The van der Waals surface area contributed by atoms with Crippen LogP contribution in [0.25, 0.3) is 0 Å². The van der Waals surface area contributed by atoms with Crippen LogP contribution in [-0.2, 0) is 16.1 Å². The Morgan fingerprint density at radius 3 is 3.19 bits per heavy atom. The summed E-state index contributed by atoms with van der Waals surface area (Å²) in [6.45, 7) is 2.54. The number of nitrogens with zero attached hydrogens (tertiary/aromatic N) is 2. The smallest absolute Gasteiger partial charge is 0.310 e. The van der Waals surface area contributed by atoms with Gasteiger partial charge in [0.2, 0.25) is 0 Å². The number of carbonyl (C=O) groups is 1. The van der Waals surface area contributed by atoms with E-state index >= 15 is 0 Å². The number of rotatable bonds is 3. The molecule has 86 valence electrons. The van der Waals surface area contributed by atoms with Crippen molar-refractivity contribution >= 4 is 5.97 Å². The van der Waals surface area contributed by atoms with E-state index in [0.717, 1.165) is 31.7 Å². The van der Waals surface area contributed by atoms with Gasteiger partial charge in [0.25, 0.3) is 0 Å². The number of carbonyl (C=O) groups excluding carboxylic acids is 1. The second-order valence-corrected chi connectivity index (χ2v) is 4.06. The van der Waals surface area contributed by atoms with E-state index in [-0.39, 0.29) is 11.9 Å². The molecule has 0 amide bonds. The van der Waals surface area contributed by atoms with Gasteiger partial charge in [-0.1, -0.05) is 6.07 Å². The number of hydrogen-bond donors (Lipinski definition) is 0. The molecule has 16 heavy (non-hydrogen) atoms. The number of methoxy groups -OCH3 is 1. The van der Waals surface area contributed by atoms with Crippen molar-refractivity contribution in [3.05, 3.63) is 30.1 Å². The fourth-order valence-corrected chi connectivity index (χ4v) is 2.06. The maximum Gasteiger partial charge on any atom is 0.310 e. The summed E-state index contributed by atoms with van der Waals surface area (Å²) < 4.78 is 4.75. The van der Waals surface area contributed by atoms with Crippen LogP contribution in [0.1, 0.15) is 12.1 Å². The van der Waals surface area contributed by atoms with Gasteiger partial charge in [-0.3, -0.25) is 14.7 Å². The van der Waals surface area contributed by atoms with Crippen LogP contribution in [0.4, 0.5) is 0 Å². The van der Waals surface area contributed by atoms with Crippen LogP contribution >= 0.6 is 0 Å². The molecular formula is C12H16N2O2. The van der Waals surface area contributed by atoms with Crippen molar-refractivity contribution in [3.63, 3.8) is 0 Å². The SMILES string of the molecule is COC(=O)C1CCN(Cc2ccccn2)C1. The number of ether oxygens (including phenoxy) is 1. The minimum atomic E-state index is -0.0940. The van der Waals surface area contributed by atoms with Gasteiger partial charge < -0.3 is 4.74 Å². The fraction of sp³-hybridized carbons (Fsp3) is 0.500. The Morgan fingerprint density at radius 2 is 2.50 bits per heavy atom. The van der Waals surface area contributed by atoms with E-state index in [1.165, 1.54) is 7.11 Å². The van der Waals surface area contributed by atoms with E-state index in [1.807, 2.05) is 18.2 Å². The third kappa shape index (κ3) is 2.58. The summed E-state index contributed by atoms with van der Waals surface area (Å²) in [6.07, 6.45) is 2.68. The second kappa shape index (κ2) is 5.07. The van der Waals surface area contributed by atoms with Gasteiger partial charge >= 0.3 is 5.97 Å². The normalized spacial score (nSPS) is 20.9. The molecule has 4 nitrogen and oxygen atoms in total. The number of pyridine rings is 1. The maximum absolute atomic E-state index is 11.3. The topological polar surface area (TPSA) is 42.4 Å². The molecule has 0 radical (unpaired) electrons. The number of likely N-dealkylation sites (tertiary alicyclic amines) is 1. The van der Waals surface area contributed by atoms with Crippen molar-refractivity contribution in [2.75, 3.05) is 20.2 Å². The summed E-state index contributed by atoms with van der Waals surface area (Å²) in [5, 5.41) is 0. The van der Waals surface area contributed by atoms with Gasteiger partial charge in [-0.25, -0.2) is 0 Å². The molecule has 0 bridgehead atoms. The van der Waals surface area contributed by atoms with Gasteiger partial charge in [-0.15, -0.1) is 0 Å². The first-order valence-corrected chi connectivity index (χ1v) is 5.49. The van der Waals surface area contributed by atoms with Gasteiger partial charge in [0, 0.05) is 19.3 Å². The highest BCUT2D eigenvalue weighted by molar-refractivity contribution is 5.72. The highest BCUT2D eigenvalue weighted by atomic mass is 16.5. The minimum absolute atomic E-state index is 0.0358. The van der Waals surface area contributed by atoms with Crippen molar-refractivity contribution < 1.29 is 9.53 Å². The zero-order valence-corrected chi connectivity index (χ0v) is 9.43. The van der Waals surface area contributed by atoms with Gasteiger partial charge in [0.05, 0.1) is 18.7 Å². The van der Waals surface area contributed by atoms with Crippen LogP contribution in [0.15, 0.2) is 24.4 Å². The molecule has 2 heterocycles. The lowest BCUT2D eigenvalue weighted by Gasteiger charge is -2.14. The highest BCUT2D eigenvalue weighted by Gasteiger charge is 2.28. The molecule has 1 aromatic rings. The van der Waals surface area contributed by atoms with Crippen molar-refractivity contribution in [2.24, 2.45) is 5.92 Å². The molecule has 0 N–H and O–H groups in total. The molecule has 0 aliphatic carbocycles. The van der Waals surface area contributed by atoms with Crippen LogP contribution < -0.4 is 0 Å². The molecule has 1 fully saturated rings. The Bertz CT molecular complexity index is 353. The predicted octanol–water partition coefficient (Wildman–Crippen LogP) is 1.08. The average Bonchev–Trinajstić information content (AvgIpc) is 2.78. The van der Waals surface area contributed by atoms with Crippen LogP contribution in [0.2, 0.25) is 0 Å². The van der Waals surface area contributed by atoms with E-state index in [2.05, 4.69) is 9.88 Å². The van der Waals surface area contributed by atoms with Crippen LogP contribution in [0, 0.1) is 5.92 Å². The summed E-state index contributed by atoms with van der Waals surface area (Å²) in [5.41, 5.74) is 1.05. The molecule has 1 unspecified atom stereocenters. The Kier molecular flexibility index (Phi) is 3.51. The molecule has 2 rings (SSSR count). The van der Waals surface area contributed by atoms with Crippen molar-refractivity contribution in [1.29, 1.82) is 0 Å². The van der Waals surface area contributed by atoms with E-state index in [1.54, 1.807) is 6.20 Å². The number of aromatic nitrogens is 1. The first kappa shape index (κ1) is 11.1. The maximum atomic E-state index is 11.3. The molecule has 1 atom stereocenters. The molecule has 4 heteroatoms. The summed E-state index contributed by atoms with van der Waals surface area (Å²) in [6, 6.07) is 5.90. The van der Waals surface area contributed by atoms with Crippen molar-refractivity contribution in [2.45, 2.75) is 13.0 Å². The Labute approximate surface area is 95.2 Å². The highest BCUT2D eigenvalue weighted by Crippen LogP contribution is 2.18. The van der Waals surface area contributed by atoms with Crippen molar-refractivity contribution in [1.82, 2.24) is 9.88 Å². The van der Waals surface area contributed by atoms with E-state index in [9.17, 15) is 4.79 Å². The lowest BCUT2D eigenvalue weighted by molar-refractivity contribution is -0.144. The van der Waals surface area contributed by atoms with Crippen LogP contribution in [0.5, 0.6) is 0 Å². The third-order valence-electron chi connectivity index (χ3n) is 2.92. The molecule has 0 spiro atoms. The van der Waals surface area contributed by atoms with Gasteiger partial charge in [-0.05, 0) is 25.1 Å². The second-order valence-electron chi connectivity index (χ2n) is 4.06. The lowest BCUT2D eigenvalue weighted by Crippen LogP contribution is -2.23. The first-order chi connectivity index (χ1) is 7.79. The minimum Gasteiger partial charge on any atom is -0.469 e.